The fourth-order valence-corrected chi connectivity index (χ4v) is 3.80. The van der Waals surface area contributed by atoms with Gasteiger partial charge in [0.15, 0.2) is 5.16 Å². The van der Waals surface area contributed by atoms with E-state index in [2.05, 4.69) is 41.2 Å². The maximum Gasteiger partial charge on any atom is 0.237 e. The SMILES string of the molecule is Cn1c(SCc2nc(-c3cccc(Br)c3)no2)nnc1N1CCOCC1. The zero-order valence-electron chi connectivity index (χ0n) is 14.1. The second-order valence-corrected chi connectivity index (χ2v) is 7.61. The third-order valence-electron chi connectivity index (χ3n) is 3.98. The molecule has 0 saturated carbocycles. The van der Waals surface area contributed by atoms with Gasteiger partial charge >= 0.3 is 0 Å². The van der Waals surface area contributed by atoms with Gasteiger partial charge in [-0.3, -0.25) is 4.57 Å². The Kier molecular flexibility index (Phi) is 5.23. The van der Waals surface area contributed by atoms with Crippen LogP contribution in [0.2, 0.25) is 0 Å². The van der Waals surface area contributed by atoms with Crippen LogP contribution >= 0.6 is 27.7 Å². The molecule has 0 radical (unpaired) electrons. The van der Waals surface area contributed by atoms with Crippen LogP contribution in [-0.4, -0.2) is 51.2 Å². The summed E-state index contributed by atoms with van der Waals surface area (Å²) < 4.78 is 13.7. The van der Waals surface area contributed by atoms with E-state index in [1.54, 1.807) is 0 Å². The Balaban J connectivity index is 1.42. The second kappa shape index (κ2) is 7.77. The lowest BCUT2D eigenvalue weighted by molar-refractivity contribution is 0.121. The highest BCUT2D eigenvalue weighted by molar-refractivity contribution is 9.10. The molecule has 0 N–H and O–H groups in total. The molecular weight excluding hydrogens is 420 g/mol. The third kappa shape index (κ3) is 3.76. The average molecular weight is 437 g/mol. The van der Waals surface area contributed by atoms with E-state index in [0.717, 1.165) is 47.4 Å². The highest BCUT2D eigenvalue weighted by Crippen LogP contribution is 2.25. The Bertz CT molecular complexity index is 893. The van der Waals surface area contributed by atoms with Crippen LogP contribution < -0.4 is 4.90 Å². The van der Waals surface area contributed by atoms with Gasteiger partial charge in [-0.05, 0) is 12.1 Å². The number of hydrogen-bond acceptors (Lipinski definition) is 8. The van der Waals surface area contributed by atoms with Gasteiger partial charge in [0.05, 0.1) is 19.0 Å². The lowest BCUT2D eigenvalue weighted by atomic mass is 10.2. The number of halogens is 1. The molecule has 3 heterocycles. The minimum Gasteiger partial charge on any atom is -0.378 e. The van der Waals surface area contributed by atoms with Crippen molar-refractivity contribution in [2.24, 2.45) is 7.05 Å². The van der Waals surface area contributed by atoms with Crippen LogP contribution in [-0.2, 0) is 17.5 Å². The van der Waals surface area contributed by atoms with Gasteiger partial charge in [-0.25, -0.2) is 0 Å². The normalized spacial score (nSPS) is 14.8. The molecule has 0 aliphatic carbocycles. The van der Waals surface area contributed by atoms with Crippen LogP contribution in [0.15, 0.2) is 38.4 Å². The summed E-state index contributed by atoms with van der Waals surface area (Å²) in [6.07, 6.45) is 0. The largest absolute Gasteiger partial charge is 0.378 e. The Labute approximate surface area is 163 Å². The van der Waals surface area contributed by atoms with Crippen molar-refractivity contribution in [2.45, 2.75) is 10.9 Å². The first kappa shape index (κ1) is 17.5. The van der Waals surface area contributed by atoms with Crippen molar-refractivity contribution in [3.05, 3.63) is 34.6 Å². The van der Waals surface area contributed by atoms with Gasteiger partial charge in [-0.15, -0.1) is 10.2 Å². The van der Waals surface area contributed by atoms with Crippen LogP contribution in [0.1, 0.15) is 5.89 Å². The van der Waals surface area contributed by atoms with E-state index in [9.17, 15) is 0 Å². The van der Waals surface area contributed by atoms with E-state index < -0.39 is 0 Å². The van der Waals surface area contributed by atoms with Gasteiger partial charge < -0.3 is 14.2 Å². The minimum atomic E-state index is 0.538. The molecule has 10 heteroatoms. The fraction of sp³-hybridized carbons (Fsp3) is 0.375. The summed E-state index contributed by atoms with van der Waals surface area (Å²) in [4.78, 5) is 6.64. The van der Waals surface area contributed by atoms with E-state index in [1.807, 2.05) is 35.9 Å². The maximum absolute atomic E-state index is 5.38. The summed E-state index contributed by atoms with van der Waals surface area (Å²) in [7, 11) is 1.97. The summed E-state index contributed by atoms with van der Waals surface area (Å²) in [5.74, 6) is 2.53. The molecule has 8 nitrogen and oxygen atoms in total. The van der Waals surface area contributed by atoms with E-state index in [1.165, 1.54) is 11.8 Å². The molecule has 1 aliphatic heterocycles. The van der Waals surface area contributed by atoms with Crippen molar-refractivity contribution in [1.29, 1.82) is 0 Å². The highest BCUT2D eigenvalue weighted by atomic mass is 79.9. The Hall–Kier alpha value is -1.91. The lowest BCUT2D eigenvalue weighted by Gasteiger charge is -2.27. The number of aromatic nitrogens is 5. The molecule has 1 saturated heterocycles. The Morgan fingerprint density at radius 2 is 2.08 bits per heavy atom. The van der Waals surface area contributed by atoms with E-state index in [4.69, 9.17) is 9.26 Å². The Morgan fingerprint density at radius 1 is 1.23 bits per heavy atom. The predicted octanol–water partition coefficient (Wildman–Crippen LogP) is 2.76. The van der Waals surface area contributed by atoms with Gasteiger partial charge in [0.25, 0.3) is 0 Å². The quantitative estimate of drug-likeness (QED) is 0.564. The monoisotopic (exact) mass is 436 g/mol. The first-order chi connectivity index (χ1) is 12.7. The molecule has 1 aliphatic rings. The molecule has 0 amide bonds. The summed E-state index contributed by atoms with van der Waals surface area (Å²) >= 11 is 4.97. The molecule has 0 spiro atoms. The summed E-state index contributed by atoms with van der Waals surface area (Å²) in [6.45, 7) is 3.10. The number of thioether (sulfide) groups is 1. The smallest absolute Gasteiger partial charge is 0.237 e. The van der Waals surface area contributed by atoms with Crippen molar-refractivity contribution < 1.29 is 9.26 Å². The van der Waals surface area contributed by atoms with Crippen LogP contribution in [0.25, 0.3) is 11.4 Å². The van der Waals surface area contributed by atoms with Gasteiger partial charge in [0.1, 0.15) is 0 Å². The molecule has 26 heavy (non-hydrogen) atoms. The van der Waals surface area contributed by atoms with Crippen LogP contribution in [0.3, 0.4) is 0 Å². The number of anilines is 1. The van der Waals surface area contributed by atoms with Gasteiger partial charge in [-0.1, -0.05) is 45.0 Å². The van der Waals surface area contributed by atoms with Crippen molar-refractivity contribution in [1.82, 2.24) is 24.9 Å². The fourth-order valence-electron chi connectivity index (χ4n) is 2.66. The number of morpholine rings is 1. The summed E-state index contributed by atoms with van der Waals surface area (Å²) in [6, 6.07) is 7.81. The zero-order valence-corrected chi connectivity index (χ0v) is 16.5. The first-order valence-electron chi connectivity index (χ1n) is 8.14. The summed E-state index contributed by atoms with van der Waals surface area (Å²) in [5, 5.41) is 13.5. The van der Waals surface area contributed by atoms with Crippen molar-refractivity contribution in [3.8, 4) is 11.4 Å². The van der Waals surface area contributed by atoms with Gasteiger partial charge in [0, 0.05) is 30.2 Å². The second-order valence-electron chi connectivity index (χ2n) is 5.75. The number of ether oxygens (including phenoxy) is 1. The number of benzene rings is 1. The maximum atomic E-state index is 5.38. The van der Waals surface area contributed by atoms with Crippen molar-refractivity contribution in [3.63, 3.8) is 0 Å². The molecule has 0 atom stereocenters. The minimum absolute atomic E-state index is 0.538. The van der Waals surface area contributed by atoms with Crippen LogP contribution in [0.5, 0.6) is 0 Å². The molecule has 0 unspecified atom stereocenters. The Morgan fingerprint density at radius 3 is 2.88 bits per heavy atom. The average Bonchev–Trinajstić information content (AvgIpc) is 3.28. The molecule has 136 valence electrons. The van der Waals surface area contributed by atoms with E-state index in [-0.39, 0.29) is 0 Å². The van der Waals surface area contributed by atoms with E-state index in [0.29, 0.717) is 17.5 Å². The number of hydrogen-bond donors (Lipinski definition) is 0. The predicted molar refractivity (Wildman–Crippen MR) is 101 cm³/mol. The summed E-state index contributed by atoms with van der Waals surface area (Å²) in [5.41, 5.74) is 0.910. The lowest BCUT2D eigenvalue weighted by Crippen LogP contribution is -2.37. The molecular formula is C16H17BrN6O2S. The molecule has 0 bridgehead atoms. The molecule has 1 aromatic carbocycles. The van der Waals surface area contributed by atoms with Crippen molar-refractivity contribution in [2.75, 3.05) is 31.2 Å². The van der Waals surface area contributed by atoms with Crippen LogP contribution in [0.4, 0.5) is 5.95 Å². The molecule has 3 aromatic rings. The topological polar surface area (TPSA) is 82.1 Å². The van der Waals surface area contributed by atoms with Gasteiger partial charge in [-0.2, -0.15) is 4.98 Å². The van der Waals surface area contributed by atoms with E-state index >= 15 is 0 Å². The highest BCUT2D eigenvalue weighted by Gasteiger charge is 2.19. The first-order valence-corrected chi connectivity index (χ1v) is 9.92. The standard InChI is InChI=1S/C16H17BrN6O2S/c1-22-15(23-5-7-24-8-6-23)19-20-16(22)26-10-13-18-14(21-25-13)11-3-2-4-12(17)9-11/h2-4,9H,5-8,10H2,1H3. The molecule has 4 rings (SSSR count). The van der Waals surface area contributed by atoms with Gasteiger partial charge in [0.2, 0.25) is 17.7 Å². The molecule has 2 aromatic heterocycles. The number of nitrogens with zero attached hydrogens (tertiary/aromatic N) is 6. The van der Waals surface area contributed by atoms with Crippen molar-refractivity contribution >= 4 is 33.6 Å². The zero-order chi connectivity index (χ0) is 17.9. The number of rotatable bonds is 5. The molecule has 1 fully saturated rings. The van der Waals surface area contributed by atoms with Crippen LogP contribution in [0, 0.1) is 0 Å². The third-order valence-corrected chi connectivity index (χ3v) is 5.48.